The smallest absolute Gasteiger partial charge is 0.255 e. The third kappa shape index (κ3) is 6.10. The molecule has 0 aliphatic rings. The highest BCUT2D eigenvalue weighted by molar-refractivity contribution is 6.18. The van der Waals surface area contributed by atoms with Crippen molar-refractivity contribution in [1.82, 2.24) is 0 Å². The number of rotatable bonds is 10. The summed E-state index contributed by atoms with van der Waals surface area (Å²) in [5, 5.41) is 2.78. The van der Waals surface area contributed by atoms with Crippen LogP contribution in [0.15, 0.2) is 60.7 Å². The SMILES string of the molecule is COc1ccc(C(=O)Nc2c(N)cccc2C(=O)c2ccc(OC)cc2OCC(C)(C)CN)cc1. The molecule has 0 saturated carbocycles. The number of ketones is 1. The van der Waals surface area contributed by atoms with Crippen molar-refractivity contribution in [2.45, 2.75) is 13.8 Å². The van der Waals surface area contributed by atoms with Gasteiger partial charge in [0, 0.05) is 29.2 Å². The Balaban J connectivity index is 1.96. The van der Waals surface area contributed by atoms with Crippen molar-refractivity contribution < 1.29 is 23.8 Å². The molecule has 0 fully saturated rings. The number of nitrogen functional groups attached to an aromatic ring is 1. The number of hydrogen-bond acceptors (Lipinski definition) is 7. The summed E-state index contributed by atoms with van der Waals surface area (Å²) in [7, 11) is 3.08. The maximum atomic E-state index is 13.7. The number of carbonyl (C=O) groups is 2. The quantitative estimate of drug-likeness (QED) is 0.296. The summed E-state index contributed by atoms with van der Waals surface area (Å²) in [6.45, 7) is 4.66. The minimum atomic E-state index is -0.407. The summed E-state index contributed by atoms with van der Waals surface area (Å²) < 4.78 is 16.5. The van der Waals surface area contributed by atoms with E-state index in [1.165, 1.54) is 7.11 Å². The van der Waals surface area contributed by atoms with Gasteiger partial charge in [0.2, 0.25) is 0 Å². The zero-order valence-corrected chi connectivity index (χ0v) is 20.4. The standard InChI is InChI=1S/C27H31N3O5/c1-27(2,15-28)16-35-23-14-19(34-4)12-13-20(23)25(31)21-6-5-7-22(29)24(21)30-26(32)17-8-10-18(33-3)11-9-17/h5-14H,15-16,28-29H2,1-4H3,(H,30,32). The average molecular weight is 478 g/mol. The van der Waals surface area contributed by atoms with Crippen LogP contribution in [-0.4, -0.2) is 39.1 Å². The lowest BCUT2D eigenvalue weighted by atomic mass is 9.95. The van der Waals surface area contributed by atoms with Gasteiger partial charge in [-0.25, -0.2) is 0 Å². The Labute approximate surface area is 205 Å². The van der Waals surface area contributed by atoms with Crippen LogP contribution in [0.5, 0.6) is 17.2 Å². The van der Waals surface area contributed by atoms with Crippen LogP contribution in [0.4, 0.5) is 11.4 Å². The fourth-order valence-corrected chi connectivity index (χ4v) is 3.24. The van der Waals surface area contributed by atoms with Gasteiger partial charge in [0.05, 0.1) is 37.8 Å². The third-order valence-electron chi connectivity index (χ3n) is 5.54. The van der Waals surface area contributed by atoms with Crippen molar-refractivity contribution in [3.05, 3.63) is 77.4 Å². The van der Waals surface area contributed by atoms with Crippen molar-refractivity contribution >= 4 is 23.1 Å². The van der Waals surface area contributed by atoms with E-state index in [1.807, 2.05) is 13.8 Å². The molecular formula is C27H31N3O5. The number of para-hydroxylation sites is 1. The van der Waals surface area contributed by atoms with Gasteiger partial charge in [-0.05, 0) is 48.5 Å². The van der Waals surface area contributed by atoms with Crippen LogP contribution < -0.4 is 31.0 Å². The molecule has 184 valence electrons. The van der Waals surface area contributed by atoms with Crippen molar-refractivity contribution in [2.24, 2.45) is 11.1 Å². The van der Waals surface area contributed by atoms with Gasteiger partial charge in [0.25, 0.3) is 5.91 Å². The maximum Gasteiger partial charge on any atom is 0.255 e. The van der Waals surface area contributed by atoms with Crippen molar-refractivity contribution in [3.63, 3.8) is 0 Å². The molecular weight excluding hydrogens is 446 g/mol. The summed E-state index contributed by atoms with van der Waals surface area (Å²) in [5.74, 6) is 0.760. The largest absolute Gasteiger partial charge is 0.497 e. The van der Waals surface area contributed by atoms with E-state index < -0.39 is 5.91 Å². The minimum Gasteiger partial charge on any atom is -0.497 e. The zero-order valence-electron chi connectivity index (χ0n) is 20.4. The number of nitrogens with two attached hydrogens (primary N) is 2. The Morgan fingerprint density at radius 1 is 0.914 bits per heavy atom. The normalized spacial score (nSPS) is 11.0. The van der Waals surface area contributed by atoms with Crippen LogP contribution in [0.2, 0.25) is 0 Å². The third-order valence-corrected chi connectivity index (χ3v) is 5.54. The lowest BCUT2D eigenvalue weighted by molar-refractivity contribution is 0.102. The highest BCUT2D eigenvalue weighted by Gasteiger charge is 2.23. The van der Waals surface area contributed by atoms with Gasteiger partial charge in [-0.15, -0.1) is 0 Å². The molecule has 0 radical (unpaired) electrons. The summed E-state index contributed by atoms with van der Waals surface area (Å²) in [4.78, 5) is 26.6. The Bertz CT molecular complexity index is 1210. The van der Waals surface area contributed by atoms with Crippen LogP contribution in [0.3, 0.4) is 0 Å². The van der Waals surface area contributed by atoms with Gasteiger partial charge >= 0.3 is 0 Å². The molecule has 5 N–H and O–H groups in total. The van der Waals surface area contributed by atoms with E-state index in [9.17, 15) is 9.59 Å². The Kier molecular flexibility index (Phi) is 7.98. The van der Waals surface area contributed by atoms with Crippen molar-refractivity contribution in [1.29, 1.82) is 0 Å². The fraction of sp³-hybridized carbons (Fsp3) is 0.259. The van der Waals surface area contributed by atoms with E-state index in [0.717, 1.165) is 0 Å². The highest BCUT2D eigenvalue weighted by Crippen LogP contribution is 2.32. The maximum absolute atomic E-state index is 13.7. The zero-order chi connectivity index (χ0) is 25.6. The summed E-state index contributed by atoms with van der Waals surface area (Å²) in [5.41, 5.74) is 13.1. The Morgan fingerprint density at radius 3 is 2.20 bits per heavy atom. The van der Waals surface area contributed by atoms with Gasteiger partial charge in [-0.2, -0.15) is 0 Å². The molecule has 35 heavy (non-hydrogen) atoms. The first-order valence-corrected chi connectivity index (χ1v) is 11.1. The first kappa shape index (κ1) is 25.6. The van der Waals surface area contributed by atoms with Gasteiger partial charge in [0.1, 0.15) is 17.2 Å². The number of nitrogens with one attached hydrogen (secondary N) is 1. The van der Waals surface area contributed by atoms with Crippen LogP contribution in [0.25, 0.3) is 0 Å². The number of methoxy groups -OCH3 is 2. The van der Waals surface area contributed by atoms with Gasteiger partial charge in [0.15, 0.2) is 5.78 Å². The number of amides is 1. The summed E-state index contributed by atoms with van der Waals surface area (Å²) in [6.07, 6.45) is 0. The van der Waals surface area contributed by atoms with E-state index >= 15 is 0 Å². The van der Waals surface area contributed by atoms with E-state index in [1.54, 1.807) is 67.8 Å². The van der Waals surface area contributed by atoms with Crippen LogP contribution in [0.1, 0.15) is 40.1 Å². The average Bonchev–Trinajstić information content (AvgIpc) is 2.88. The number of carbonyl (C=O) groups excluding carboxylic acids is 2. The number of ether oxygens (including phenoxy) is 3. The van der Waals surface area contributed by atoms with Crippen LogP contribution >= 0.6 is 0 Å². The van der Waals surface area contributed by atoms with Gasteiger partial charge < -0.3 is 31.0 Å². The van der Waals surface area contributed by atoms with E-state index in [0.29, 0.717) is 41.5 Å². The molecule has 0 bridgehead atoms. The molecule has 3 rings (SSSR count). The second-order valence-electron chi connectivity index (χ2n) is 8.80. The molecule has 0 unspecified atom stereocenters. The molecule has 3 aromatic rings. The Hall–Kier alpha value is -4.04. The molecule has 1 amide bonds. The summed E-state index contributed by atoms with van der Waals surface area (Å²) >= 11 is 0. The molecule has 0 spiro atoms. The molecule has 8 heteroatoms. The predicted octanol–water partition coefficient (Wildman–Crippen LogP) is 4.13. The van der Waals surface area contributed by atoms with E-state index in [4.69, 9.17) is 25.7 Å². The number of anilines is 2. The molecule has 3 aromatic carbocycles. The minimum absolute atomic E-state index is 0.224. The van der Waals surface area contributed by atoms with E-state index in [-0.39, 0.29) is 28.1 Å². The molecule has 8 nitrogen and oxygen atoms in total. The highest BCUT2D eigenvalue weighted by atomic mass is 16.5. The first-order valence-electron chi connectivity index (χ1n) is 11.1. The predicted molar refractivity (Wildman–Crippen MR) is 137 cm³/mol. The number of benzene rings is 3. The lowest BCUT2D eigenvalue weighted by Gasteiger charge is -2.23. The lowest BCUT2D eigenvalue weighted by Crippen LogP contribution is -2.30. The fourth-order valence-electron chi connectivity index (χ4n) is 3.24. The van der Waals surface area contributed by atoms with Crippen molar-refractivity contribution in [3.8, 4) is 17.2 Å². The summed E-state index contributed by atoms with van der Waals surface area (Å²) in [6, 6.07) is 16.5. The number of hydrogen-bond donors (Lipinski definition) is 3. The topological polar surface area (TPSA) is 126 Å². The van der Waals surface area contributed by atoms with E-state index in [2.05, 4.69) is 5.32 Å². The Morgan fingerprint density at radius 2 is 1.57 bits per heavy atom. The second kappa shape index (κ2) is 10.9. The molecule has 0 aliphatic heterocycles. The van der Waals surface area contributed by atoms with Crippen molar-refractivity contribution in [2.75, 3.05) is 38.4 Å². The molecule has 0 heterocycles. The second-order valence-corrected chi connectivity index (χ2v) is 8.80. The van der Waals surface area contributed by atoms with Crippen LogP contribution in [0, 0.1) is 5.41 Å². The monoisotopic (exact) mass is 477 g/mol. The molecule has 0 atom stereocenters. The first-order chi connectivity index (χ1) is 16.7. The van der Waals surface area contributed by atoms with Gasteiger partial charge in [-0.1, -0.05) is 19.9 Å². The molecule has 0 aliphatic carbocycles. The molecule has 0 aromatic heterocycles. The molecule has 0 saturated heterocycles. The van der Waals surface area contributed by atoms with Gasteiger partial charge in [-0.3, -0.25) is 9.59 Å². The van der Waals surface area contributed by atoms with Crippen LogP contribution in [-0.2, 0) is 0 Å².